The maximum atomic E-state index is 13.6. The molecular formula is C20H24F3N3O2S. The lowest BCUT2D eigenvalue weighted by Crippen LogP contribution is -2.52. The molecule has 1 aliphatic heterocycles. The van der Waals surface area contributed by atoms with Crippen molar-refractivity contribution in [1.29, 1.82) is 0 Å². The number of hydrogen-bond acceptors (Lipinski definition) is 5. The zero-order chi connectivity index (χ0) is 21.2. The monoisotopic (exact) mass is 427 g/mol. The molecule has 29 heavy (non-hydrogen) atoms. The Labute approximate surface area is 171 Å². The molecule has 1 aliphatic rings. The van der Waals surface area contributed by atoms with Crippen LogP contribution in [0.15, 0.2) is 29.6 Å². The number of alkyl halides is 3. The van der Waals surface area contributed by atoms with Crippen LogP contribution in [0, 0.1) is 13.8 Å². The van der Waals surface area contributed by atoms with Crippen molar-refractivity contribution in [2.45, 2.75) is 38.6 Å². The van der Waals surface area contributed by atoms with Gasteiger partial charge in [-0.15, -0.1) is 11.3 Å². The number of aliphatic hydroxyl groups is 1. The number of aryl methyl sites for hydroxylation is 2. The molecule has 1 aromatic carbocycles. The Morgan fingerprint density at radius 1 is 1.17 bits per heavy atom. The van der Waals surface area contributed by atoms with Gasteiger partial charge in [-0.25, -0.2) is 4.98 Å². The zero-order valence-electron chi connectivity index (χ0n) is 16.4. The van der Waals surface area contributed by atoms with Crippen LogP contribution in [-0.4, -0.2) is 58.2 Å². The van der Waals surface area contributed by atoms with E-state index in [1.807, 2.05) is 31.2 Å². The Morgan fingerprint density at radius 3 is 2.38 bits per heavy atom. The molecule has 1 fully saturated rings. The number of halogens is 3. The molecule has 2 heterocycles. The molecule has 1 amide bonds. The summed E-state index contributed by atoms with van der Waals surface area (Å²) in [6.07, 6.45) is -6.04. The number of nitrogens with zero attached hydrogens (tertiary/aromatic N) is 3. The van der Waals surface area contributed by atoms with Gasteiger partial charge in [0.15, 0.2) is 0 Å². The summed E-state index contributed by atoms with van der Waals surface area (Å²) in [6.45, 7) is 6.12. The molecule has 1 N–H and O–H groups in total. The predicted molar refractivity (Wildman–Crippen MR) is 104 cm³/mol. The lowest BCUT2D eigenvalue weighted by atomic mass is 9.98. The van der Waals surface area contributed by atoms with E-state index in [-0.39, 0.29) is 0 Å². The fourth-order valence-electron chi connectivity index (χ4n) is 3.36. The van der Waals surface area contributed by atoms with Crippen molar-refractivity contribution in [3.05, 3.63) is 51.5 Å². The number of aromatic nitrogens is 1. The molecule has 0 spiro atoms. The Bertz CT molecular complexity index is 863. The number of amides is 1. The molecule has 0 radical (unpaired) electrons. The number of benzene rings is 1. The number of thiazole rings is 1. The van der Waals surface area contributed by atoms with Gasteiger partial charge in [-0.05, 0) is 25.0 Å². The SMILES string of the molecule is Cc1csc(C(O)(CC(=O)N2CCN(Cc3ccccc3C)CC2)C(F)(F)F)n1. The summed E-state index contributed by atoms with van der Waals surface area (Å²) in [5, 5.41) is 11.3. The summed E-state index contributed by atoms with van der Waals surface area (Å²) >= 11 is 0.715. The van der Waals surface area contributed by atoms with Gasteiger partial charge in [-0.1, -0.05) is 24.3 Å². The molecular weight excluding hydrogens is 403 g/mol. The van der Waals surface area contributed by atoms with Crippen LogP contribution < -0.4 is 0 Å². The third kappa shape index (κ3) is 4.79. The second-order valence-corrected chi connectivity index (χ2v) is 8.27. The first-order valence-electron chi connectivity index (χ1n) is 9.36. The second-order valence-electron chi connectivity index (χ2n) is 7.41. The number of carbonyl (C=O) groups excluding carboxylic acids is 1. The number of rotatable bonds is 5. The Kier molecular flexibility index (Phi) is 6.30. The maximum absolute atomic E-state index is 13.6. The summed E-state index contributed by atoms with van der Waals surface area (Å²) in [5.41, 5.74) is -0.510. The van der Waals surface area contributed by atoms with Gasteiger partial charge in [0.2, 0.25) is 11.5 Å². The minimum absolute atomic E-state index is 0.329. The zero-order valence-corrected chi connectivity index (χ0v) is 17.2. The highest BCUT2D eigenvalue weighted by Crippen LogP contribution is 2.43. The summed E-state index contributed by atoms with van der Waals surface area (Å²) < 4.78 is 40.8. The van der Waals surface area contributed by atoms with Gasteiger partial charge < -0.3 is 10.0 Å². The molecule has 9 heteroatoms. The fraction of sp³-hybridized carbons (Fsp3) is 0.500. The highest BCUT2D eigenvalue weighted by molar-refractivity contribution is 7.09. The summed E-state index contributed by atoms with van der Waals surface area (Å²) in [7, 11) is 0. The van der Waals surface area contributed by atoms with Crippen LogP contribution in [0.2, 0.25) is 0 Å². The van der Waals surface area contributed by atoms with Crippen LogP contribution in [0.25, 0.3) is 0 Å². The Balaban J connectivity index is 1.63. The molecule has 5 nitrogen and oxygen atoms in total. The van der Waals surface area contributed by atoms with Gasteiger partial charge in [-0.3, -0.25) is 9.69 Å². The lowest BCUT2D eigenvalue weighted by Gasteiger charge is -2.37. The maximum Gasteiger partial charge on any atom is 0.424 e. The lowest BCUT2D eigenvalue weighted by molar-refractivity contribution is -0.268. The second kappa shape index (κ2) is 8.41. The van der Waals surface area contributed by atoms with Crippen LogP contribution >= 0.6 is 11.3 Å². The first-order chi connectivity index (χ1) is 13.6. The van der Waals surface area contributed by atoms with Crippen molar-refractivity contribution in [3.63, 3.8) is 0 Å². The number of hydrogen-bond donors (Lipinski definition) is 1. The van der Waals surface area contributed by atoms with Crippen LogP contribution in [0.5, 0.6) is 0 Å². The third-order valence-electron chi connectivity index (χ3n) is 5.23. The molecule has 1 atom stereocenters. The fourth-order valence-corrected chi connectivity index (χ4v) is 4.27. The van der Waals surface area contributed by atoms with Gasteiger partial charge >= 0.3 is 6.18 Å². The molecule has 1 aromatic heterocycles. The average Bonchev–Trinajstić information content (AvgIpc) is 3.10. The molecule has 0 saturated carbocycles. The number of piperazine rings is 1. The van der Waals surface area contributed by atoms with Crippen molar-refractivity contribution >= 4 is 17.2 Å². The van der Waals surface area contributed by atoms with E-state index in [1.165, 1.54) is 21.4 Å². The van der Waals surface area contributed by atoms with Gasteiger partial charge in [0.1, 0.15) is 5.01 Å². The molecule has 0 bridgehead atoms. The van der Waals surface area contributed by atoms with E-state index in [0.717, 1.165) is 6.54 Å². The van der Waals surface area contributed by atoms with E-state index >= 15 is 0 Å². The van der Waals surface area contributed by atoms with Gasteiger partial charge in [0.05, 0.1) is 6.42 Å². The van der Waals surface area contributed by atoms with Crippen molar-refractivity contribution in [1.82, 2.24) is 14.8 Å². The van der Waals surface area contributed by atoms with Crippen molar-refractivity contribution in [3.8, 4) is 0 Å². The van der Waals surface area contributed by atoms with E-state index in [4.69, 9.17) is 0 Å². The molecule has 0 aliphatic carbocycles. The quantitative estimate of drug-likeness (QED) is 0.796. The first-order valence-corrected chi connectivity index (χ1v) is 10.2. The van der Waals surface area contributed by atoms with Gasteiger partial charge in [0.25, 0.3) is 0 Å². The minimum atomic E-state index is -4.99. The predicted octanol–water partition coefficient (Wildman–Crippen LogP) is 3.24. The van der Waals surface area contributed by atoms with E-state index < -0.39 is 29.1 Å². The van der Waals surface area contributed by atoms with E-state index in [2.05, 4.69) is 9.88 Å². The van der Waals surface area contributed by atoms with E-state index in [1.54, 1.807) is 6.92 Å². The van der Waals surface area contributed by atoms with Crippen LogP contribution in [0.4, 0.5) is 13.2 Å². The van der Waals surface area contributed by atoms with Gasteiger partial charge in [0, 0.05) is 43.8 Å². The minimum Gasteiger partial charge on any atom is -0.374 e. The third-order valence-corrected chi connectivity index (χ3v) is 6.34. The summed E-state index contributed by atoms with van der Waals surface area (Å²) in [6, 6.07) is 8.03. The average molecular weight is 427 g/mol. The van der Waals surface area contributed by atoms with Crippen molar-refractivity contribution in [2.75, 3.05) is 26.2 Å². The Morgan fingerprint density at radius 2 is 1.83 bits per heavy atom. The van der Waals surface area contributed by atoms with Crippen LogP contribution in [-0.2, 0) is 16.9 Å². The molecule has 3 rings (SSSR count). The first kappa shape index (κ1) is 21.7. The largest absolute Gasteiger partial charge is 0.424 e. The van der Waals surface area contributed by atoms with E-state index in [9.17, 15) is 23.1 Å². The van der Waals surface area contributed by atoms with Gasteiger partial charge in [-0.2, -0.15) is 13.2 Å². The molecule has 1 saturated heterocycles. The smallest absolute Gasteiger partial charge is 0.374 e. The molecule has 2 aromatic rings. The molecule has 158 valence electrons. The highest BCUT2D eigenvalue weighted by atomic mass is 32.1. The number of carbonyl (C=O) groups is 1. The Hall–Kier alpha value is -1.97. The highest BCUT2D eigenvalue weighted by Gasteiger charge is 2.58. The normalized spacial score (nSPS) is 17.9. The van der Waals surface area contributed by atoms with Crippen LogP contribution in [0.3, 0.4) is 0 Å². The van der Waals surface area contributed by atoms with Crippen molar-refractivity contribution in [2.24, 2.45) is 0 Å². The molecule has 1 unspecified atom stereocenters. The van der Waals surface area contributed by atoms with E-state index in [0.29, 0.717) is 43.2 Å². The van der Waals surface area contributed by atoms with Crippen LogP contribution in [0.1, 0.15) is 28.2 Å². The summed E-state index contributed by atoms with van der Waals surface area (Å²) in [4.78, 5) is 19.9. The van der Waals surface area contributed by atoms with Crippen molar-refractivity contribution < 1.29 is 23.1 Å². The summed E-state index contributed by atoms with van der Waals surface area (Å²) in [5.74, 6) is -0.715. The standard InChI is InChI=1S/C20H24F3N3O2S/c1-14-5-3-4-6-16(14)12-25-7-9-26(10-8-25)17(27)11-19(28,20(21,22)23)18-24-15(2)13-29-18/h3-6,13,28H,7-12H2,1-2H3. The topological polar surface area (TPSA) is 56.7 Å².